The Bertz CT molecular complexity index is 1110. The number of rotatable bonds is 2. The summed E-state index contributed by atoms with van der Waals surface area (Å²) in [5.74, 6) is -1.20. The molecular formula is C19H13F2N3O. The number of phenols is 1. The van der Waals surface area contributed by atoms with Gasteiger partial charge in [-0.15, -0.1) is 0 Å². The van der Waals surface area contributed by atoms with Crippen LogP contribution >= 0.6 is 0 Å². The highest BCUT2D eigenvalue weighted by atomic mass is 19.1. The molecule has 1 N–H and O–H groups in total. The van der Waals surface area contributed by atoms with E-state index >= 15 is 0 Å². The summed E-state index contributed by atoms with van der Waals surface area (Å²) in [5, 5.41) is 14.6. The van der Waals surface area contributed by atoms with E-state index in [4.69, 9.17) is 0 Å². The van der Waals surface area contributed by atoms with Crippen LogP contribution in [0.25, 0.3) is 28.0 Å². The number of phenolic OH excluding ortho intramolecular Hbond substituents is 1. The maximum Gasteiger partial charge on any atom is 0.163 e. The summed E-state index contributed by atoms with van der Waals surface area (Å²) in [6.45, 7) is 1.74. The highest BCUT2D eigenvalue weighted by Crippen LogP contribution is 2.34. The molecule has 0 radical (unpaired) electrons. The Balaban J connectivity index is 2.02. The van der Waals surface area contributed by atoms with Crippen molar-refractivity contribution in [3.63, 3.8) is 0 Å². The second-order valence-corrected chi connectivity index (χ2v) is 5.67. The van der Waals surface area contributed by atoms with E-state index in [1.807, 2.05) is 0 Å². The third kappa shape index (κ3) is 2.42. The van der Waals surface area contributed by atoms with Crippen LogP contribution in [0.3, 0.4) is 0 Å². The average molecular weight is 337 g/mol. The van der Waals surface area contributed by atoms with Crippen molar-refractivity contribution in [1.29, 1.82) is 0 Å². The molecule has 0 spiro atoms. The van der Waals surface area contributed by atoms with E-state index < -0.39 is 11.6 Å². The first-order valence-electron chi connectivity index (χ1n) is 7.64. The molecule has 0 aliphatic rings. The SMILES string of the molecule is Cc1nn2c(-c3ccccc3O)ccnc2c1-c1ccc(F)cc1F. The van der Waals surface area contributed by atoms with Crippen molar-refractivity contribution in [3.05, 3.63) is 72.1 Å². The van der Waals surface area contributed by atoms with Crippen molar-refractivity contribution in [2.75, 3.05) is 0 Å². The molecule has 4 nitrogen and oxygen atoms in total. The van der Waals surface area contributed by atoms with E-state index in [2.05, 4.69) is 10.1 Å². The largest absolute Gasteiger partial charge is 0.507 e. The van der Waals surface area contributed by atoms with Crippen molar-refractivity contribution in [3.8, 4) is 28.1 Å². The van der Waals surface area contributed by atoms with E-state index in [9.17, 15) is 13.9 Å². The minimum atomic E-state index is -0.673. The number of halogens is 2. The quantitative estimate of drug-likeness (QED) is 0.591. The summed E-state index contributed by atoms with van der Waals surface area (Å²) >= 11 is 0. The highest BCUT2D eigenvalue weighted by Gasteiger charge is 2.19. The summed E-state index contributed by atoms with van der Waals surface area (Å²) in [5.41, 5.74) is 2.93. The number of hydrogen-bond acceptors (Lipinski definition) is 3. The fourth-order valence-corrected chi connectivity index (χ4v) is 2.95. The molecule has 2 heterocycles. The van der Waals surface area contributed by atoms with E-state index in [1.54, 1.807) is 48.0 Å². The predicted octanol–water partition coefficient (Wildman–Crippen LogP) is 4.36. The monoisotopic (exact) mass is 337 g/mol. The van der Waals surface area contributed by atoms with Gasteiger partial charge in [-0.05, 0) is 37.3 Å². The van der Waals surface area contributed by atoms with Gasteiger partial charge in [0.05, 0.1) is 17.0 Å². The van der Waals surface area contributed by atoms with Gasteiger partial charge in [-0.2, -0.15) is 5.10 Å². The van der Waals surface area contributed by atoms with Crippen LogP contribution in [-0.4, -0.2) is 19.7 Å². The number of aromatic hydroxyl groups is 1. The van der Waals surface area contributed by atoms with E-state index in [0.29, 0.717) is 28.2 Å². The summed E-state index contributed by atoms with van der Waals surface area (Å²) in [6, 6.07) is 12.0. The Kier molecular flexibility index (Phi) is 3.46. The van der Waals surface area contributed by atoms with Crippen molar-refractivity contribution < 1.29 is 13.9 Å². The second kappa shape index (κ2) is 5.66. The predicted molar refractivity (Wildman–Crippen MR) is 90.2 cm³/mol. The standard InChI is InChI=1S/C19H13F2N3O/c1-11-18(13-7-6-12(20)10-15(13)21)19-22-9-8-16(24(19)23-11)14-4-2-3-5-17(14)25/h2-10,25H,1H3. The molecule has 25 heavy (non-hydrogen) atoms. The van der Waals surface area contributed by atoms with Gasteiger partial charge < -0.3 is 5.11 Å². The van der Waals surface area contributed by atoms with Gasteiger partial charge in [0.2, 0.25) is 0 Å². The zero-order valence-corrected chi connectivity index (χ0v) is 13.2. The van der Waals surface area contributed by atoms with Crippen LogP contribution in [0.1, 0.15) is 5.69 Å². The Morgan fingerprint density at radius 3 is 2.56 bits per heavy atom. The number of fused-ring (bicyclic) bond motifs is 1. The first kappa shape index (κ1) is 15.3. The van der Waals surface area contributed by atoms with E-state index in [-0.39, 0.29) is 11.3 Å². The topological polar surface area (TPSA) is 50.4 Å². The van der Waals surface area contributed by atoms with Gasteiger partial charge in [-0.3, -0.25) is 0 Å². The molecule has 4 rings (SSSR count). The van der Waals surface area contributed by atoms with Crippen LogP contribution in [0, 0.1) is 18.6 Å². The molecule has 2 aromatic heterocycles. The zero-order chi connectivity index (χ0) is 17.6. The number of hydrogen-bond donors (Lipinski definition) is 1. The maximum absolute atomic E-state index is 14.3. The molecule has 0 unspecified atom stereocenters. The number of benzene rings is 2. The number of aryl methyl sites for hydroxylation is 1. The molecule has 0 aliphatic carbocycles. The molecule has 0 atom stereocenters. The summed E-state index contributed by atoms with van der Waals surface area (Å²) in [6.07, 6.45) is 1.57. The molecule has 0 saturated heterocycles. The van der Waals surface area contributed by atoms with Gasteiger partial charge >= 0.3 is 0 Å². The van der Waals surface area contributed by atoms with Gasteiger partial charge in [0, 0.05) is 23.4 Å². The highest BCUT2D eigenvalue weighted by molar-refractivity contribution is 5.82. The lowest BCUT2D eigenvalue weighted by molar-refractivity contribution is 0.477. The first-order valence-corrected chi connectivity index (χ1v) is 7.64. The van der Waals surface area contributed by atoms with Crippen molar-refractivity contribution in [1.82, 2.24) is 14.6 Å². The van der Waals surface area contributed by atoms with Crippen LogP contribution < -0.4 is 0 Å². The number of para-hydroxylation sites is 1. The molecule has 4 aromatic rings. The summed E-state index contributed by atoms with van der Waals surface area (Å²) < 4.78 is 29.1. The molecule has 0 amide bonds. The van der Waals surface area contributed by atoms with Gasteiger partial charge in [-0.25, -0.2) is 18.3 Å². The Hall–Kier alpha value is -3.28. The molecule has 0 aliphatic heterocycles. The van der Waals surface area contributed by atoms with Crippen LogP contribution in [0.2, 0.25) is 0 Å². The van der Waals surface area contributed by atoms with Crippen molar-refractivity contribution in [2.45, 2.75) is 6.92 Å². The third-order valence-electron chi connectivity index (χ3n) is 4.07. The van der Waals surface area contributed by atoms with Crippen LogP contribution in [0.15, 0.2) is 54.7 Å². The minimum Gasteiger partial charge on any atom is -0.507 e. The molecular weight excluding hydrogens is 324 g/mol. The lowest BCUT2D eigenvalue weighted by atomic mass is 10.1. The fraction of sp³-hybridized carbons (Fsp3) is 0.0526. The summed E-state index contributed by atoms with van der Waals surface area (Å²) in [4.78, 5) is 4.32. The number of aromatic nitrogens is 3. The second-order valence-electron chi connectivity index (χ2n) is 5.67. The van der Waals surface area contributed by atoms with Crippen molar-refractivity contribution in [2.24, 2.45) is 0 Å². The molecule has 0 saturated carbocycles. The van der Waals surface area contributed by atoms with Gasteiger partial charge in [0.15, 0.2) is 5.65 Å². The van der Waals surface area contributed by atoms with Crippen LogP contribution in [-0.2, 0) is 0 Å². The Morgan fingerprint density at radius 2 is 1.80 bits per heavy atom. The molecule has 124 valence electrons. The average Bonchev–Trinajstić information content (AvgIpc) is 2.92. The van der Waals surface area contributed by atoms with E-state index in [1.165, 1.54) is 12.1 Å². The molecule has 6 heteroatoms. The van der Waals surface area contributed by atoms with Crippen molar-refractivity contribution >= 4 is 5.65 Å². The smallest absolute Gasteiger partial charge is 0.163 e. The van der Waals surface area contributed by atoms with Crippen LogP contribution in [0.4, 0.5) is 8.78 Å². The molecule has 0 fully saturated rings. The molecule has 0 bridgehead atoms. The Labute approximate surface area is 142 Å². The molecule has 2 aromatic carbocycles. The van der Waals surface area contributed by atoms with Crippen LogP contribution in [0.5, 0.6) is 5.75 Å². The first-order chi connectivity index (χ1) is 12.1. The van der Waals surface area contributed by atoms with Gasteiger partial charge in [0.25, 0.3) is 0 Å². The zero-order valence-electron chi connectivity index (χ0n) is 13.2. The lowest BCUT2D eigenvalue weighted by Gasteiger charge is -2.07. The third-order valence-corrected chi connectivity index (χ3v) is 4.07. The fourth-order valence-electron chi connectivity index (χ4n) is 2.95. The summed E-state index contributed by atoms with van der Waals surface area (Å²) in [7, 11) is 0. The normalized spacial score (nSPS) is 11.2. The van der Waals surface area contributed by atoms with Gasteiger partial charge in [-0.1, -0.05) is 12.1 Å². The maximum atomic E-state index is 14.3. The van der Waals surface area contributed by atoms with E-state index in [0.717, 1.165) is 6.07 Å². The Morgan fingerprint density at radius 1 is 1.00 bits per heavy atom. The minimum absolute atomic E-state index is 0.109. The number of nitrogens with zero attached hydrogens (tertiary/aromatic N) is 3. The lowest BCUT2D eigenvalue weighted by Crippen LogP contribution is -1.96. The van der Waals surface area contributed by atoms with Gasteiger partial charge in [0.1, 0.15) is 17.4 Å².